The maximum absolute atomic E-state index is 12.0. The normalized spacial score (nSPS) is 12.8. The van der Waals surface area contributed by atoms with Crippen LogP contribution in [0.1, 0.15) is 17.5 Å². The van der Waals surface area contributed by atoms with Gasteiger partial charge in [0.1, 0.15) is 5.75 Å². The van der Waals surface area contributed by atoms with Gasteiger partial charge in [0.15, 0.2) is 6.61 Å². The number of aryl methyl sites for hydroxylation is 1. The van der Waals surface area contributed by atoms with Crippen LogP contribution in [0.4, 0.5) is 5.69 Å². The first-order valence-electron chi connectivity index (χ1n) is 8.17. The SMILES string of the molecule is O=C(CCc1ccc2c(c1)NC(=O)CO2)NCCc1cccc(Cl)c1. The third-order valence-corrected chi connectivity index (χ3v) is 4.18. The number of nitrogens with one attached hydrogen (secondary N) is 2. The second kappa shape index (κ2) is 8.03. The highest BCUT2D eigenvalue weighted by molar-refractivity contribution is 6.30. The largest absolute Gasteiger partial charge is 0.482 e. The standard InChI is InChI=1S/C19H19ClN2O3/c20-15-3-1-2-13(10-15)8-9-21-18(23)7-5-14-4-6-17-16(11-14)22-19(24)12-25-17/h1-4,6,10-11H,5,7-9,12H2,(H,21,23)(H,22,24). The molecule has 0 radical (unpaired) electrons. The molecule has 3 rings (SSSR count). The van der Waals surface area contributed by atoms with Crippen LogP contribution >= 0.6 is 11.6 Å². The smallest absolute Gasteiger partial charge is 0.262 e. The summed E-state index contributed by atoms with van der Waals surface area (Å²) >= 11 is 5.94. The first-order chi connectivity index (χ1) is 12.1. The molecule has 0 spiro atoms. The molecular formula is C19H19ClN2O3. The van der Waals surface area contributed by atoms with Crippen LogP contribution in [0.15, 0.2) is 42.5 Å². The number of fused-ring (bicyclic) bond motifs is 1. The average molecular weight is 359 g/mol. The Morgan fingerprint density at radius 1 is 1.16 bits per heavy atom. The van der Waals surface area contributed by atoms with E-state index in [1.807, 2.05) is 42.5 Å². The van der Waals surface area contributed by atoms with Crippen molar-refractivity contribution in [2.75, 3.05) is 18.5 Å². The Bertz CT molecular complexity index is 792. The second-order valence-electron chi connectivity index (χ2n) is 5.90. The molecule has 2 amide bonds. The molecule has 2 aromatic rings. The van der Waals surface area contributed by atoms with Crippen molar-refractivity contribution in [3.63, 3.8) is 0 Å². The van der Waals surface area contributed by atoms with Crippen LogP contribution < -0.4 is 15.4 Å². The van der Waals surface area contributed by atoms with Crippen molar-refractivity contribution in [2.24, 2.45) is 0 Å². The topological polar surface area (TPSA) is 67.4 Å². The minimum atomic E-state index is -0.164. The Kier molecular flexibility index (Phi) is 5.56. The van der Waals surface area contributed by atoms with E-state index in [-0.39, 0.29) is 18.4 Å². The number of rotatable bonds is 6. The zero-order valence-corrected chi connectivity index (χ0v) is 14.4. The van der Waals surface area contributed by atoms with Crippen molar-refractivity contribution < 1.29 is 14.3 Å². The van der Waals surface area contributed by atoms with E-state index < -0.39 is 0 Å². The van der Waals surface area contributed by atoms with E-state index >= 15 is 0 Å². The third-order valence-electron chi connectivity index (χ3n) is 3.94. The minimum absolute atomic E-state index is 0.0000318. The molecule has 0 unspecified atom stereocenters. The van der Waals surface area contributed by atoms with Gasteiger partial charge in [-0.3, -0.25) is 9.59 Å². The molecule has 0 aliphatic carbocycles. The van der Waals surface area contributed by atoms with Crippen molar-refractivity contribution in [1.82, 2.24) is 5.32 Å². The molecule has 0 aromatic heterocycles. The van der Waals surface area contributed by atoms with E-state index in [4.69, 9.17) is 16.3 Å². The molecular weight excluding hydrogens is 340 g/mol. The summed E-state index contributed by atoms with van der Waals surface area (Å²) in [5.74, 6) is 0.498. The lowest BCUT2D eigenvalue weighted by Crippen LogP contribution is -2.26. The fraction of sp³-hybridized carbons (Fsp3) is 0.263. The van der Waals surface area contributed by atoms with Crippen molar-refractivity contribution in [3.05, 3.63) is 58.6 Å². The van der Waals surface area contributed by atoms with Crippen molar-refractivity contribution in [3.8, 4) is 5.75 Å². The molecule has 0 bridgehead atoms. The summed E-state index contributed by atoms with van der Waals surface area (Å²) in [6, 6.07) is 13.2. The molecule has 6 heteroatoms. The minimum Gasteiger partial charge on any atom is -0.482 e. The van der Waals surface area contributed by atoms with E-state index in [0.29, 0.717) is 35.8 Å². The number of carbonyl (C=O) groups excluding carboxylic acids is 2. The number of halogens is 1. The Hall–Kier alpha value is -2.53. The number of benzene rings is 2. The van der Waals surface area contributed by atoms with Gasteiger partial charge in [-0.25, -0.2) is 0 Å². The first-order valence-corrected chi connectivity index (χ1v) is 8.55. The highest BCUT2D eigenvalue weighted by Crippen LogP contribution is 2.28. The lowest BCUT2D eigenvalue weighted by molar-refractivity contribution is -0.121. The summed E-state index contributed by atoms with van der Waals surface area (Å²) in [4.78, 5) is 23.3. The summed E-state index contributed by atoms with van der Waals surface area (Å²) in [6.07, 6.45) is 1.74. The summed E-state index contributed by atoms with van der Waals surface area (Å²) in [5.41, 5.74) is 2.74. The van der Waals surface area contributed by atoms with Crippen LogP contribution in [-0.4, -0.2) is 25.0 Å². The fourth-order valence-corrected chi connectivity index (χ4v) is 2.88. The Morgan fingerprint density at radius 2 is 2.00 bits per heavy atom. The van der Waals surface area contributed by atoms with Crippen LogP contribution in [0.2, 0.25) is 5.02 Å². The number of amides is 2. The molecule has 1 heterocycles. The molecule has 5 nitrogen and oxygen atoms in total. The number of anilines is 1. The number of carbonyl (C=O) groups is 2. The third kappa shape index (κ3) is 4.97. The maximum Gasteiger partial charge on any atom is 0.262 e. The Morgan fingerprint density at radius 3 is 2.84 bits per heavy atom. The zero-order valence-electron chi connectivity index (χ0n) is 13.7. The van der Waals surface area contributed by atoms with Crippen LogP contribution in [0.25, 0.3) is 0 Å². The van der Waals surface area contributed by atoms with Gasteiger partial charge in [0.25, 0.3) is 5.91 Å². The highest BCUT2D eigenvalue weighted by atomic mass is 35.5. The number of hydrogen-bond donors (Lipinski definition) is 2. The molecule has 0 atom stereocenters. The van der Waals surface area contributed by atoms with E-state index in [2.05, 4.69) is 10.6 Å². The molecule has 2 aromatic carbocycles. The van der Waals surface area contributed by atoms with Gasteiger partial charge in [-0.2, -0.15) is 0 Å². The monoisotopic (exact) mass is 358 g/mol. The zero-order chi connectivity index (χ0) is 17.6. The molecule has 1 aliphatic rings. The van der Waals surface area contributed by atoms with Crippen molar-refractivity contribution in [1.29, 1.82) is 0 Å². The summed E-state index contributed by atoms with van der Waals surface area (Å²) in [5, 5.41) is 6.38. The summed E-state index contributed by atoms with van der Waals surface area (Å²) in [6.45, 7) is 0.620. The summed E-state index contributed by atoms with van der Waals surface area (Å²) in [7, 11) is 0. The molecule has 130 valence electrons. The first kappa shape index (κ1) is 17.3. The molecule has 0 saturated carbocycles. The molecule has 0 saturated heterocycles. The van der Waals surface area contributed by atoms with Gasteiger partial charge in [-0.1, -0.05) is 29.8 Å². The van der Waals surface area contributed by atoms with E-state index in [1.165, 1.54) is 0 Å². The molecule has 25 heavy (non-hydrogen) atoms. The van der Waals surface area contributed by atoms with Gasteiger partial charge in [0, 0.05) is 18.0 Å². The van der Waals surface area contributed by atoms with Crippen LogP contribution in [0, 0.1) is 0 Å². The van der Waals surface area contributed by atoms with Crippen molar-refractivity contribution >= 4 is 29.1 Å². The van der Waals surface area contributed by atoms with Crippen LogP contribution in [-0.2, 0) is 22.4 Å². The molecule has 0 fully saturated rings. The highest BCUT2D eigenvalue weighted by Gasteiger charge is 2.16. The van der Waals surface area contributed by atoms with Gasteiger partial charge in [0.2, 0.25) is 5.91 Å². The van der Waals surface area contributed by atoms with Crippen molar-refractivity contribution in [2.45, 2.75) is 19.3 Å². The molecule has 2 N–H and O–H groups in total. The lowest BCUT2D eigenvalue weighted by atomic mass is 10.1. The Balaban J connectivity index is 1.44. The number of ether oxygens (including phenoxy) is 1. The average Bonchev–Trinajstić information content (AvgIpc) is 2.59. The van der Waals surface area contributed by atoms with E-state index in [0.717, 1.165) is 17.5 Å². The maximum atomic E-state index is 12.0. The van der Waals surface area contributed by atoms with Crippen LogP contribution in [0.5, 0.6) is 5.75 Å². The number of hydrogen-bond acceptors (Lipinski definition) is 3. The Labute approximate surface area is 151 Å². The van der Waals surface area contributed by atoms with Gasteiger partial charge in [-0.15, -0.1) is 0 Å². The second-order valence-corrected chi connectivity index (χ2v) is 6.33. The quantitative estimate of drug-likeness (QED) is 0.834. The van der Waals surface area contributed by atoms with E-state index in [9.17, 15) is 9.59 Å². The van der Waals surface area contributed by atoms with Gasteiger partial charge in [0.05, 0.1) is 5.69 Å². The van der Waals surface area contributed by atoms with Gasteiger partial charge in [-0.05, 0) is 48.2 Å². The van der Waals surface area contributed by atoms with E-state index in [1.54, 1.807) is 0 Å². The summed E-state index contributed by atoms with van der Waals surface area (Å²) < 4.78 is 5.32. The molecule has 1 aliphatic heterocycles. The van der Waals surface area contributed by atoms with Gasteiger partial charge < -0.3 is 15.4 Å². The lowest BCUT2D eigenvalue weighted by Gasteiger charge is -2.18. The predicted molar refractivity (Wildman–Crippen MR) is 97.1 cm³/mol. The predicted octanol–water partition coefficient (Wildman–Crippen LogP) is 2.96. The van der Waals surface area contributed by atoms with Crippen LogP contribution in [0.3, 0.4) is 0 Å². The van der Waals surface area contributed by atoms with Gasteiger partial charge >= 0.3 is 0 Å². The fourth-order valence-electron chi connectivity index (χ4n) is 2.67.